The van der Waals surface area contributed by atoms with E-state index in [0.717, 1.165) is 31.3 Å². The molecule has 3 heterocycles. The average Bonchev–Trinajstić information content (AvgIpc) is 3.12. The minimum absolute atomic E-state index is 0.616. The number of allylic oxidation sites excluding steroid dienone is 1. The van der Waals surface area contributed by atoms with E-state index in [-0.39, 0.29) is 0 Å². The van der Waals surface area contributed by atoms with Gasteiger partial charge in [-0.1, -0.05) is 6.08 Å². The number of hydrogen-bond donors (Lipinski definition) is 0. The first-order valence-electron chi connectivity index (χ1n) is 7.07. The van der Waals surface area contributed by atoms with E-state index in [4.69, 9.17) is 12.2 Å². The largest absolute Gasteiger partial charge is 0.295 e. The van der Waals surface area contributed by atoms with Gasteiger partial charge in [-0.3, -0.25) is 14.5 Å². The van der Waals surface area contributed by atoms with Gasteiger partial charge in [-0.2, -0.15) is 0 Å². The Morgan fingerprint density at radius 2 is 2.10 bits per heavy atom. The summed E-state index contributed by atoms with van der Waals surface area (Å²) < 4.78 is 4.51. The van der Waals surface area contributed by atoms with Gasteiger partial charge in [-0.25, -0.2) is 9.67 Å². The highest BCUT2D eigenvalue weighted by Crippen LogP contribution is 2.16. The zero-order valence-corrected chi connectivity index (χ0v) is 12.7. The van der Waals surface area contributed by atoms with E-state index in [1.54, 1.807) is 18.6 Å². The van der Waals surface area contributed by atoms with Gasteiger partial charge in [-0.15, -0.1) is 11.7 Å². The lowest BCUT2D eigenvalue weighted by Gasteiger charge is -2.13. The van der Waals surface area contributed by atoms with Gasteiger partial charge in [0.15, 0.2) is 10.6 Å². The van der Waals surface area contributed by atoms with Gasteiger partial charge >= 0.3 is 0 Å². The van der Waals surface area contributed by atoms with Crippen molar-refractivity contribution in [3.63, 3.8) is 0 Å². The van der Waals surface area contributed by atoms with Gasteiger partial charge in [0.1, 0.15) is 5.69 Å². The molecule has 0 amide bonds. The monoisotopic (exact) mass is 302 g/mol. The van der Waals surface area contributed by atoms with Crippen LogP contribution in [-0.2, 0) is 13.2 Å². The molecule has 0 atom stereocenters. The van der Waals surface area contributed by atoms with E-state index < -0.39 is 0 Å². The van der Waals surface area contributed by atoms with Crippen molar-refractivity contribution >= 4 is 12.2 Å². The molecule has 21 heavy (non-hydrogen) atoms. The van der Waals surface area contributed by atoms with Crippen LogP contribution in [0, 0.1) is 4.77 Å². The lowest BCUT2D eigenvalue weighted by Crippen LogP contribution is -2.23. The van der Waals surface area contributed by atoms with Crippen molar-refractivity contribution in [1.82, 2.24) is 29.2 Å². The maximum absolute atomic E-state index is 5.55. The molecule has 0 aliphatic carbocycles. The van der Waals surface area contributed by atoms with Crippen LogP contribution in [0.15, 0.2) is 31.2 Å². The third-order valence-electron chi connectivity index (χ3n) is 3.56. The fourth-order valence-electron chi connectivity index (χ4n) is 2.54. The summed E-state index contributed by atoms with van der Waals surface area (Å²) >= 11 is 5.55. The molecule has 0 N–H and O–H groups in total. The van der Waals surface area contributed by atoms with Crippen LogP contribution in [-0.4, -0.2) is 42.3 Å². The van der Waals surface area contributed by atoms with Crippen LogP contribution in [0.1, 0.15) is 12.8 Å². The summed E-state index contributed by atoms with van der Waals surface area (Å²) in [6.45, 7) is 7.36. The number of likely N-dealkylation sites (tertiary alicyclic amines) is 1. The highest BCUT2D eigenvalue weighted by molar-refractivity contribution is 7.71. The average molecular weight is 302 g/mol. The predicted octanol–water partition coefficient (Wildman–Crippen LogP) is 2.11. The number of aromatic nitrogens is 5. The third-order valence-corrected chi connectivity index (χ3v) is 3.99. The SMILES string of the molecule is C=CCn1c(-c2cnccn2)nn(CN2CCCC2)c1=S. The standard InChI is InChI=1S/C14H18N6S/c1-2-7-19-13(12-10-15-5-6-16-12)17-20(14(19)21)11-18-8-3-4-9-18/h2,5-6,10H,1,3-4,7-9,11H2. The quantitative estimate of drug-likeness (QED) is 0.625. The van der Waals surface area contributed by atoms with E-state index in [1.807, 2.05) is 15.3 Å². The van der Waals surface area contributed by atoms with Crippen LogP contribution in [0.2, 0.25) is 0 Å². The summed E-state index contributed by atoms with van der Waals surface area (Å²) in [7, 11) is 0. The molecule has 7 heteroatoms. The van der Waals surface area contributed by atoms with Gasteiger partial charge in [0, 0.05) is 18.9 Å². The van der Waals surface area contributed by atoms with Crippen LogP contribution < -0.4 is 0 Å². The molecular formula is C14H18N6S. The lowest BCUT2D eigenvalue weighted by atomic mass is 10.4. The highest BCUT2D eigenvalue weighted by atomic mass is 32.1. The maximum atomic E-state index is 5.55. The van der Waals surface area contributed by atoms with Crippen molar-refractivity contribution in [3.05, 3.63) is 36.0 Å². The Bertz CT molecular complexity index is 669. The molecule has 0 radical (unpaired) electrons. The summed E-state index contributed by atoms with van der Waals surface area (Å²) in [5.41, 5.74) is 0.727. The van der Waals surface area contributed by atoms with Gasteiger partial charge in [0.2, 0.25) is 0 Å². The minimum Gasteiger partial charge on any atom is -0.295 e. The molecule has 1 fully saturated rings. The summed E-state index contributed by atoms with van der Waals surface area (Å²) in [6.07, 6.45) is 9.33. The van der Waals surface area contributed by atoms with Gasteiger partial charge < -0.3 is 0 Å². The molecular weight excluding hydrogens is 284 g/mol. The molecule has 1 aliphatic heterocycles. The number of hydrogen-bond acceptors (Lipinski definition) is 5. The second-order valence-electron chi connectivity index (χ2n) is 5.06. The zero-order valence-electron chi connectivity index (χ0n) is 11.9. The first-order valence-corrected chi connectivity index (χ1v) is 7.47. The van der Waals surface area contributed by atoms with Crippen molar-refractivity contribution in [2.75, 3.05) is 13.1 Å². The van der Waals surface area contributed by atoms with Crippen LogP contribution in [0.3, 0.4) is 0 Å². The Hall–Kier alpha value is -1.86. The molecule has 0 unspecified atom stereocenters. The van der Waals surface area contributed by atoms with Gasteiger partial charge in [0.05, 0.1) is 12.9 Å². The topological polar surface area (TPSA) is 51.8 Å². The van der Waals surface area contributed by atoms with Crippen molar-refractivity contribution in [2.24, 2.45) is 0 Å². The molecule has 6 nitrogen and oxygen atoms in total. The second kappa shape index (κ2) is 6.28. The highest BCUT2D eigenvalue weighted by Gasteiger charge is 2.17. The molecule has 2 aromatic rings. The van der Waals surface area contributed by atoms with E-state index in [9.17, 15) is 0 Å². The Morgan fingerprint density at radius 3 is 2.76 bits per heavy atom. The fraction of sp³-hybridized carbons (Fsp3) is 0.429. The van der Waals surface area contributed by atoms with Crippen LogP contribution in [0.4, 0.5) is 0 Å². The zero-order chi connectivity index (χ0) is 14.7. The van der Waals surface area contributed by atoms with Crippen LogP contribution >= 0.6 is 12.2 Å². The van der Waals surface area contributed by atoms with Gasteiger partial charge in [0.25, 0.3) is 0 Å². The first-order chi connectivity index (χ1) is 10.3. The van der Waals surface area contributed by atoms with Crippen molar-refractivity contribution < 1.29 is 0 Å². The Morgan fingerprint density at radius 1 is 1.29 bits per heavy atom. The van der Waals surface area contributed by atoms with Crippen molar-refractivity contribution in [3.8, 4) is 11.5 Å². The lowest BCUT2D eigenvalue weighted by molar-refractivity contribution is 0.253. The minimum atomic E-state index is 0.616. The van der Waals surface area contributed by atoms with Crippen LogP contribution in [0.25, 0.3) is 11.5 Å². The van der Waals surface area contributed by atoms with E-state index in [1.165, 1.54) is 12.8 Å². The molecule has 0 aromatic carbocycles. The molecule has 110 valence electrons. The summed E-state index contributed by atoms with van der Waals surface area (Å²) in [5.74, 6) is 0.743. The van der Waals surface area contributed by atoms with E-state index in [0.29, 0.717) is 11.3 Å². The van der Waals surface area contributed by atoms with E-state index >= 15 is 0 Å². The molecule has 1 saturated heterocycles. The predicted molar refractivity (Wildman–Crippen MR) is 83.1 cm³/mol. The Balaban J connectivity index is 1.98. The number of rotatable bonds is 5. The molecule has 0 saturated carbocycles. The molecule has 3 rings (SSSR count). The number of nitrogens with zero attached hydrogens (tertiary/aromatic N) is 6. The maximum Gasteiger partial charge on any atom is 0.199 e. The molecule has 2 aromatic heterocycles. The normalized spacial score (nSPS) is 15.4. The second-order valence-corrected chi connectivity index (χ2v) is 5.43. The third kappa shape index (κ3) is 2.93. The molecule has 1 aliphatic rings. The molecule has 0 spiro atoms. The van der Waals surface area contributed by atoms with Crippen molar-refractivity contribution in [2.45, 2.75) is 26.1 Å². The van der Waals surface area contributed by atoms with Crippen LogP contribution in [0.5, 0.6) is 0 Å². The van der Waals surface area contributed by atoms with E-state index in [2.05, 4.69) is 26.5 Å². The Labute approximate surface area is 128 Å². The summed E-state index contributed by atoms with van der Waals surface area (Å²) in [4.78, 5) is 10.8. The molecule has 0 bridgehead atoms. The summed E-state index contributed by atoms with van der Waals surface area (Å²) in [6, 6.07) is 0. The van der Waals surface area contributed by atoms with Crippen molar-refractivity contribution in [1.29, 1.82) is 0 Å². The van der Waals surface area contributed by atoms with Gasteiger partial charge in [-0.05, 0) is 38.1 Å². The summed E-state index contributed by atoms with van der Waals surface area (Å²) in [5, 5.41) is 4.65. The fourth-order valence-corrected chi connectivity index (χ4v) is 2.80. The first kappa shape index (κ1) is 14.1. The Kier molecular flexibility index (Phi) is 4.21. The smallest absolute Gasteiger partial charge is 0.199 e.